The van der Waals surface area contributed by atoms with Crippen LogP contribution in [0.4, 0.5) is 5.95 Å². The van der Waals surface area contributed by atoms with E-state index in [-0.39, 0.29) is 0 Å². The zero-order valence-electron chi connectivity index (χ0n) is 12.5. The molecule has 0 bridgehead atoms. The summed E-state index contributed by atoms with van der Waals surface area (Å²) in [7, 11) is 0. The van der Waals surface area contributed by atoms with Crippen LogP contribution in [0.1, 0.15) is 59.3 Å². The quantitative estimate of drug-likeness (QED) is 0.649. The number of ether oxygens (including phenoxy) is 1. The summed E-state index contributed by atoms with van der Waals surface area (Å²) in [6.45, 7) is 7.19. The smallest absolute Gasteiger partial charge is 0.226 e. The molecular weight excluding hydrogens is 238 g/mol. The van der Waals surface area contributed by atoms with Crippen LogP contribution < -0.4 is 10.1 Å². The number of nitrogens with zero attached hydrogens (tertiary/aromatic N) is 2. The molecule has 0 saturated heterocycles. The van der Waals surface area contributed by atoms with Gasteiger partial charge in [-0.2, -0.15) is 4.98 Å². The third-order valence-corrected chi connectivity index (χ3v) is 2.95. The maximum Gasteiger partial charge on any atom is 0.226 e. The number of nitrogens with one attached hydrogen (secondary N) is 1. The SMILES string of the molecule is CCCCCCC(C)Nc1nccc(OCCC)n1. The molecule has 1 aromatic rings. The average molecular weight is 265 g/mol. The van der Waals surface area contributed by atoms with Gasteiger partial charge in [0.15, 0.2) is 0 Å². The van der Waals surface area contributed by atoms with E-state index in [4.69, 9.17) is 4.74 Å². The minimum absolute atomic E-state index is 0.401. The zero-order chi connectivity index (χ0) is 13.9. The Hall–Kier alpha value is -1.32. The molecule has 1 unspecified atom stereocenters. The lowest BCUT2D eigenvalue weighted by atomic mass is 10.1. The van der Waals surface area contributed by atoms with Crippen LogP contribution in [0.3, 0.4) is 0 Å². The summed E-state index contributed by atoms with van der Waals surface area (Å²) in [6, 6.07) is 2.20. The van der Waals surface area contributed by atoms with Crippen molar-refractivity contribution in [3.63, 3.8) is 0 Å². The van der Waals surface area contributed by atoms with Crippen LogP contribution >= 0.6 is 0 Å². The van der Waals surface area contributed by atoms with E-state index in [1.54, 1.807) is 12.3 Å². The van der Waals surface area contributed by atoms with Crippen LogP contribution in [0.5, 0.6) is 5.88 Å². The zero-order valence-corrected chi connectivity index (χ0v) is 12.5. The Labute approximate surface area is 117 Å². The fraction of sp³-hybridized carbons (Fsp3) is 0.733. The second-order valence-corrected chi connectivity index (χ2v) is 4.96. The average Bonchev–Trinajstić information content (AvgIpc) is 2.42. The van der Waals surface area contributed by atoms with Crippen molar-refractivity contribution >= 4 is 5.95 Å². The van der Waals surface area contributed by atoms with E-state index in [1.807, 2.05) is 0 Å². The molecule has 0 aromatic carbocycles. The van der Waals surface area contributed by atoms with Gasteiger partial charge in [0.1, 0.15) is 0 Å². The highest BCUT2D eigenvalue weighted by atomic mass is 16.5. The van der Waals surface area contributed by atoms with Gasteiger partial charge in [-0.05, 0) is 19.8 Å². The summed E-state index contributed by atoms with van der Waals surface area (Å²) in [5.41, 5.74) is 0. The molecule has 0 aliphatic heterocycles. The molecule has 0 spiro atoms. The summed E-state index contributed by atoms with van der Waals surface area (Å²) in [4.78, 5) is 8.58. The predicted molar refractivity (Wildman–Crippen MR) is 79.7 cm³/mol. The molecule has 0 aliphatic rings. The van der Waals surface area contributed by atoms with E-state index in [2.05, 4.69) is 36.1 Å². The van der Waals surface area contributed by atoms with Gasteiger partial charge in [-0.15, -0.1) is 0 Å². The van der Waals surface area contributed by atoms with Crippen molar-refractivity contribution < 1.29 is 4.74 Å². The standard InChI is InChI=1S/C15H27N3O/c1-4-6-7-8-9-13(3)17-15-16-11-10-14(18-15)19-12-5-2/h10-11,13H,4-9,12H2,1-3H3,(H,16,17,18). The Morgan fingerprint density at radius 1 is 1.21 bits per heavy atom. The molecule has 0 aliphatic carbocycles. The Bertz CT molecular complexity index is 344. The lowest BCUT2D eigenvalue weighted by molar-refractivity contribution is 0.305. The number of anilines is 1. The highest BCUT2D eigenvalue weighted by molar-refractivity contribution is 5.28. The first-order valence-corrected chi connectivity index (χ1v) is 7.48. The van der Waals surface area contributed by atoms with E-state index >= 15 is 0 Å². The van der Waals surface area contributed by atoms with Crippen LogP contribution in [0.2, 0.25) is 0 Å². The molecule has 0 amide bonds. The Balaban J connectivity index is 2.34. The van der Waals surface area contributed by atoms with Crippen molar-refractivity contribution in [2.45, 2.75) is 65.3 Å². The van der Waals surface area contributed by atoms with Crippen LogP contribution in [-0.4, -0.2) is 22.6 Å². The molecule has 19 heavy (non-hydrogen) atoms. The summed E-state index contributed by atoms with van der Waals surface area (Å²) in [5.74, 6) is 1.31. The lowest BCUT2D eigenvalue weighted by Crippen LogP contribution is -2.17. The van der Waals surface area contributed by atoms with Crippen molar-refractivity contribution in [3.8, 4) is 5.88 Å². The van der Waals surface area contributed by atoms with E-state index in [0.717, 1.165) is 12.8 Å². The Morgan fingerprint density at radius 2 is 2.05 bits per heavy atom. The number of hydrogen-bond donors (Lipinski definition) is 1. The summed E-state index contributed by atoms with van der Waals surface area (Å²) >= 11 is 0. The van der Waals surface area contributed by atoms with Crippen LogP contribution in [-0.2, 0) is 0 Å². The minimum atomic E-state index is 0.401. The van der Waals surface area contributed by atoms with Crippen LogP contribution in [0.25, 0.3) is 0 Å². The monoisotopic (exact) mass is 265 g/mol. The van der Waals surface area contributed by atoms with Gasteiger partial charge in [0.05, 0.1) is 6.61 Å². The van der Waals surface area contributed by atoms with Crippen molar-refractivity contribution in [2.75, 3.05) is 11.9 Å². The van der Waals surface area contributed by atoms with Gasteiger partial charge < -0.3 is 10.1 Å². The third kappa shape index (κ3) is 6.99. The highest BCUT2D eigenvalue weighted by Gasteiger charge is 2.05. The van der Waals surface area contributed by atoms with E-state index in [9.17, 15) is 0 Å². The van der Waals surface area contributed by atoms with Crippen molar-refractivity contribution in [1.29, 1.82) is 0 Å². The molecular formula is C15H27N3O. The third-order valence-electron chi connectivity index (χ3n) is 2.95. The number of hydrogen-bond acceptors (Lipinski definition) is 4. The second-order valence-electron chi connectivity index (χ2n) is 4.96. The van der Waals surface area contributed by atoms with Gasteiger partial charge in [-0.25, -0.2) is 4.98 Å². The molecule has 1 rings (SSSR count). The molecule has 4 nitrogen and oxygen atoms in total. The van der Waals surface area contributed by atoms with Gasteiger partial charge >= 0.3 is 0 Å². The van der Waals surface area contributed by atoms with Gasteiger partial charge in [0, 0.05) is 18.3 Å². The molecule has 1 heterocycles. The molecule has 0 radical (unpaired) electrons. The first-order chi connectivity index (χ1) is 9.26. The maximum absolute atomic E-state index is 5.50. The molecule has 108 valence electrons. The Morgan fingerprint density at radius 3 is 2.79 bits per heavy atom. The summed E-state index contributed by atoms with van der Waals surface area (Å²) in [5, 5.41) is 3.33. The number of aromatic nitrogens is 2. The molecule has 1 aromatic heterocycles. The fourth-order valence-corrected chi connectivity index (χ4v) is 1.87. The number of unbranched alkanes of at least 4 members (excludes halogenated alkanes) is 3. The molecule has 0 fully saturated rings. The maximum atomic E-state index is 5.50. The minimum Gasteiger partial charge on any atom is -0.478 e. The van der Waals surface area contributed by atoms with Crippen LogP contribution in [0.15, 0.2) is 12.3 Å². The second kappa shape index (κ2) is 9.59. The number of rotatable bonds is 10. The Kier molecular flexibility index (Phi) is 7.94. The largest absolute Gasteiger partial charge is 0.478 e. The highest BCUT2D eigenvalue weighted by Crippen LogP contribution is 2.12. The van der Waals surface area contributed by atoms with Crippen molar-refractivity contribution in [1.82, 2.24) is 9.97 Å². The van der Waals surface area contributed by atoms with E-state index in [1.165, 1.54) is 25.7 Å². The van der Waals surface area contributed by atoms with E-state index in [0.29, 0.717) is 24.5 Å². The molecule has 1 N–H and O–H groups in total. The first kappa shape index (κ1) is 15.7. The summed E-state index contributed by atoms with van der Waals surface area (Å²) < 4.78 is 5.50. The topological polar surface area (TPSA) is 47.0 Å². The van der Waals surface area contributed by atoms with Crippen molar-refractivity contribution in [2.24, 2.45) is 0 Å². The van der Waals surface area contributed by atoms with Gasteiger partial charge in [-0.3, -0.25) is 0 Å². The lowest BCUT2D eigenvalue weighted by Gasteiger charge is -2.14. The van der Waals surface area contributed by atoms with Crippen LogP contribution in [0, 0.1) is 0 Å². The molecule has 1 atom stereocenters. The predicted octanol–water partition coefficient (Wildman–Crippen LogP) is 4.04. The normalized spacial score (nSPS) is 12.2. The van der Waals surface area contributed by atoms with E-state index < -0.39 is 0 Å². The fourth-order valence-electron chi connectivity index (χ4n) is 1.87. The van der Waals surface area contributed by atoms with Gasteiger partial charge in [0.25, 0.3) is 0 Å². The summed E-state index contributed by atoms with van der Waals surface area (Å²) in [6.07, 6.45) is 9.05. The van der Waals surface area contributed by atoms with Gasteiger partial charge in [-0.1, -0.05) is 39.5 Å². The first-order valence-electron chi connectivity index (χ1n) is 7.48. The van der Waals surface area contributed by atoms with Crippen molar-refractivity contribution in [3.05, 3.63) is 12.3 Å². The molecule has 0 saturated carbocycles. The van der Waals surface area contributed by atoms with Gasteiger partial charge in [0.2, 0.25) is 11.8 Å². The molecule has 4 heteroatoms.